The Labute approximate surface area is 179 Å². The molecule has 1 fully saturated rings. The van der Waals surface area contributed by atoms with E-state index in [2.05, 4.69) is 0 Å². The molecule has 2 aromatic carbocycles. The van der Waals surface area contributed by atoms with Gasteiger partial charge in [-0.25, -0.2) is 8.42 Å². The predicted octanol–water partition coefficient (Wildman–Crippen LogP) is 2.39. The van der Waals surface area contributed by atoms with Crippen LogP contribution in [0.4, 0.5) is 5.69 Å². The molecule has 0 unspecified atom stereocenters. The Hall–Kier alpha value is -3.24. The molecule has 1 aliphatic rings. The third kappa shape index (κ3) is 4.04. The second kappa shape index (κ2) is 8.12. The number of amides is 1. The lowest BCUT2D eigenvalue weighted by Gasteiger charge is -2.34. The van der Waals surface area contributed by atoms with Crippen LogP contribution in [0.3, 0.4) is 0 Å². The van der Waals surface area contributed by atoms with Crippen molar-refractivity contribution in [3.63, 3.8) is 0 Å². The standard InChI is InChI=1S/C21H22N4O5S/c1-16-13-17-5-2-3-8-20(17)24(16)15-21(26)22-9-11-23(12-10-22)31(29,30)19-7-4-6-18(14-19)25(27)28/h2-8,13-14H,9-12,15H2,1H3. The molecule has 0 N–H and O–H groups in total. The van der Waals surface area contributed by atoms with Crippen LogP contribution in [-0.4, -0.2) is 59.2 Å². The fourth-order valence-corrected chi connectivity index (χ4v) is 5.34. The van der Waals surface area contributed by atoms with Gasteiger partial charge in [-0.05, 0) is 30.5 Å². The highest BCUT2D eigenvalue weighted by Crippen LogP contribution is 2.23. The van der Waals surface area contributed by atoms with E-state index >= 15 is 0 Å². The smallest absolute Gasteiger partial charge is 0.270 e. The first-order valence-electron chi connectivity index (χ1n) is 9.84. The normalized spacial score (nSPS) is 15.3. The number of nitro benzene ring substituents is 1. The van der Waals surface area contributed by atoms with Crippen molar-refractivity contribution in [1.82, 2.24) is 13.8 Å². The van der Waals surface area contributed by atoms with Gasteiger partial charge in [0.15, 0.2) is 0 Å². The average Bonchev–Trinajstić information content (AvgIpc) is 3.09. The van der Waals surface area contributed by atoms with E-state index in [-0.39, 0.29) is 49.2 Å². The Morgan fingerprint density at radius 1 is 1.03 bits per heavy atom. The predicted molar refractivity (Wildman–Crippen MR) is 115 cm³/mol. The quantitative estimate of drug-likeness (QED) is 0.446. The number of fused-ring (bicyclic) bond motifs is 1. The fraction of sp³-hybridized carbons (Fsp3) is 0.286. The number of nitro groups is 1. The van der Waals surface area contributed by atoms with Gasteiger partial charge in [-0.3, -0.25) is 14.9 Å². The molecular formula is C21H22N4O5S. The summed E-state index contributed by atoms with van der Waals surface area (Å²) in [6.45, 7) is 2.97. The Bertz CT molecular complexity index is 1260. The zero-order valence-electron chi connectivity index (χ0n) is 17.0. The van der Waals surface area contributed by atoms with Crippen molar-refractivity contribution >= 4 is 32.5 Å². The summed E-state index contributed by atoms with van der Waals surface area (Å²) in [5, 5.41) is 12.0. The van der Waals surface area contributed by atoms with Gasteiger partial charge in [-0.2, -0.15) is 4.31 Å². The van der Waals surface area contributed by atoms with Crippen molar-refractivity contribution in [1.29, 1.82) is 0 Å². The van der Waals surface area contributed by atoms with Crippen LogP contribution in [0.15, 0.2) is 59.5 Å². The molecule has 0 spiro atoms. The molecule has 10 heteroatoms. The number of para-hydroxylation sites is 1. The van der Waals surface area contributed by atoms with Gasteiger partial charge in [-0.1, -0.05) is 24.3 Å². The van der Waals surface area contributed by atoms with Crippen LogP contribution in [0.5, 0.6) is 0 Å². The molecule has 0 bridgehead atoms. The summed E-state index contributed by atoms with van der Waals surface area (Å²) in [5.41, 5.74) is 1.70. The maximum atomic E-state index is 12.9. The van der Waals surface area contributed by atoms with E-state index in [9.17, 15) is 23.3 Å². The first-order chi connectivity index (χ1) is 14.8. The van der Waals surface area contributed by atoms with Gasteiger partial charge in [0, 0.05) is 49.5 Å². The molecule has 1 saturated heterocycles. The van der Waals surface area contributed by atoms with Gasteiger partial charge in [0.25, 0.3) is 5.69 Å². The van der Waals surface area contributed by atoms with Crippen LogP contribution in [-0.2, 0) is 21.4 Å². The summed E-state index contributed by atoms with van der Waals surface area (Å²) in [5.74, 6) is -0.0724. The van der Waals surface area contributed by atoms with Crippen LogP contribution in [0.2, 0.25) is 0 Å². The van der Waals surface area contributed by atoms with Crippen molar-refractivity contribution in [3.05, 3.63) is 70.4 Å². The first kappa shape index (κ1) is 21.0. The lowest BCUT2D eigenvalue weighted by atomic mass is 10.2. The molecule has 0 saturated carbocycles. The van der Waals surface area contributed by atoms with Crippen molar-refractivity contribution in [2.24, 2.45) is 0 Å². The summed E-state index contributed by atoms with van der Waals surface area (Å²) >= 11 is 0. The number of nitrogens with zero attached hydrogens (tertiary/aromatic N) is 4. The molecule has 9 nitrogen and oxygen atoms in total. The number of non-ortho nitro benzene ring substituents is 1. The number of carbonyl (C=O) groups excluding carboxylic acids is 1. The largest absolute Gasteiger partial charge is 0.339 e. The van der Waals surface area contributed by atoms with Crippen molar-refractivity contribution in [2.75, 3.05) is 26.2 Å². The van der Waals surface area contributed by atoms with Gasteiger partial charge in [-0.15, -0.1) is 0 Å². The molecular weight excluding hydrogens is 420 g/mol. The molecule has 1 amide bonds. The topological polar surface area (TPSA) is 106 Å². The summed E-state index contributed by atoms with van der Waals surface area (Å²) in [7, 11) is -3.87. The molecule has 3 aromatic rings. The van der Waals surface area contributed by atoms with Gasteiger partial charge >= 0.3 is 0 Å². The molecule has 4 rings (SSSR count). The highest BCUT2D eigenvalue weighted by Gasteiger charge is 2.31. The minimum absolute atomic E-state index is 0.0724. The number of hydrogen-bond donors (Lipinski definition) is 0. The van der Waals surface area contributed by atoms with E-state index in [0.29, 0.717) is 0 Å². The Kier molecular flexibility index (Phi) is 5.50. The molecule has 1 aliphatic heterocycles. The highest BCUT2D eigenvalue weighted by atomic mass is 32.2. The second-order valence-corrected chi connectivity index (χ2v) is 9.41. The summed E-state index contributed by atoms with van der Waals surface area (Å²) in [6.07, 6.45) is 0. The summed E-state index contributed by atoms with van der Waals surface area (Å²) < 4.78 is 29.0. The molecule has 0 aliphatic carbocycles. The van der Waals surface area contributed by atoms with Gasteiger partial charge in [0.1, 0.15) is 6.54 Å². The number of sulfonamides is 1. The Morgan fingerprint density at radius 2 is 1.74 bits per heavy atom. The van der Waals surface area contributed by atoms with E-state index in [0.717, 1.165) is 22.7 Å². The Balaban J connectivity index is 1.44. The van der Waals surface area contributed by atoms with Crippen molar-refractivity contribution in [2.45, 2.75) is 18.4 Å². The number of aryl methyl sites for hydroxylation is 1. The number of carbonyl (C=O) groups is 1. The van der Waals surface area contributed by atoms with E-state index in [4.69, 9.17) is 0 Å². The van der Waals surface area contributed by atoms with E-state index in [1.807, 2.05) is 41.8 Å². The summed E-state index contributed by atoms with van der Waals surface area (Å²) in [4.78, 5) is 24.8. The van der Waals surface area contributed by atoms with E-state index < -0.39 is 14.9 Å². The van der Waals surface area contributed by atoms with E-state index in [1.54, 1.807) is 4.90 Å². The van der Waals surface area contributed by atoms with Gasteiger partial charge in [0.05, 0.1) is 9.82 Å². The number of aromatic nitrogens is 1. The number of piperazine rings is 1. The maximum Gasteiger partial charge on any atom is 0.270 e. The minimum Gasteiger partial charge on any atom is -0.339 e. The minimum atomic E-state index is -3.87. The highest BCUT2D eigenvalue weighted by molar-refractivity contribution is 7.89. The number of benzene rings is 2. The van der Waals surface area contributed by atoms with E-state index in [1.165, 1.54) is 22.5 Å². The van der Waals surface area contributed by atoms with Crippen molar-refractivity contribution in [3.8, 4) is 0 Å². The molecule has 2 heterocycles. The van der Waals surface area contributed by atoms with Crippen LogP contribution in [0.25, 0.3) is 10.9 Å². The van der Waals surface area contributed by atoms with Crippen LogP contribution in [0.1, 0.15) is 5.69 Å². The lowest BCUT2D eigenvalue weighted by molar-refractivity contribution is -0.385. The molecule has 0 radical (unpaired) electrons. The fourth-order valence-electron chi connectivity index (χ4n) is 3.88. The van der Waals surface area contributed by atoms with Crippen LogP contribution in [0, 0.1) is 17.0 Å². The Morgan fingerprint density at radius 3 is 2.45 bits per heavy atom. The van der Waals surface area contributed by atoms with Crippen LogP contribution >= 0.6 is 0 Å². The zero-order chi connectivity index (χ0) is 22.2. The first-order valence-corrected chi connectivity index (χ1v) is 11.3. The summed E-state index contributed by atoms with van der Waals surface area (Å²) in [6, 6.07) is 14.9. The third-order valence-corrected chi connectivity index (χ3v) is 7.46. The molecule has 162 valence electrons. The van der Waals surface area contributed by atoms with Crippen molar-refractivity contribution < 1.29 is 18.1 Å². The van der Waals surface area contributed by atoms with Crippen LogP contribution < -0.4 is 0 Å². The SMILES string of the molecule is Cc1cc2ccccc2n1CC(=O)N1CCN(S(=O)(=O)c2cccc([N+](=O)[O-])c2)CC1. The molecule has 0 atom stereocenters. The number of rotatable bonds is 5. The average molecular weight is 442 g/mol. The second-order valence-electron chi connectivity index (χ2n) is 7.47. The molecule has 1 aromatic heterocycles. The number of hydrogen-bond acceptors (Lipinski definition) is 5. The monoisotopic (exact) mass is 442 g/mol. The maximum absolute atomic E-state index is 12.9. The van der Waals surface area contributed by atoms with Gasteiger partial charge < -0.3 is 9.47 Å². The lowest BCUT2D eigenvalue weighted by Crippen LogP contribution is -2.51. The molecule has 31 heavy (non-hydrogen) atoms. The zero-order valence-corrected chi connectivity index (χ0v) is 17.8. The third-order valence-electron chi connectivity index (χ3n) is 5.57. The van der Waals surface area contributed by atoms with Gasteiger partial charge in [0.2, 0.25) is 15.9 Å².